The van der Waals surface area contributed by atoms with Gasteiger partial charge in [0, 0.05) is 27.1 Å². The van der Waals surface area contributed by atoms with Crippen LogP contribution in [0.25, 0.3) is 0 Å². The van der Waals surface area contributed by atoms with Gasteiger partial charge in [-0.1, -0.05) is 0 Å². The Labute approximate surface area is 66.3 Å². The van der Waals surface area contributed by atoms with Crippen molar-refractivity contribution in [2.45, 2.75) is 12.8 Å². The van der Waals surface area contributed by atoms with E-state index in [-0.39, 0.29) is 6.03 Å². The van der Waals surface area contributed by atoms with Gasteiger partial charge < -0.3 is 10.2 Å². The summed E-state index contributed by atoms with van der Waals surface area (Å²) in [5, 5.41) is 2.46. The molecule has 0 radical (unpaired) electrons. The van der Waals surface area contributed by atoms with Crippen LogP contribution < -0.4 is 5.32 Å². The van der Waals surface area contributed by atoms with E-state index >= 15 is 0 Å². The molecule has 2 amide bonds. The number of nitrogens with one attached hydrogen (secondary N) is 1. The number of aliphatic imine (C=N–C) groups is 1. The summed E-state index contributed by atoms with van der Waals surface area (Å²) < 4.78 is 0. The summed E-state index contributed by atoms with van der Waals surface area (Å²) in [6.07, 6.45) is 2.02. The average molecular weight is 155 g/mol. The van der Waals surface area contributed by atoms with E-state index in [2.05, 4.69) is 10.3 Å². The molecule has 0 aromatic carbocycles. The Kier molecular flexibility index (Phi) is 2.46. The molecule has 62 valence electrons. The van der Waals surface area contributed by atoms with Gasteiger partial charge in [-0.3, -0.25) is 0 Å². The second-order valence-electron chi connectivity index (χ2n) is 2.61. The lowest BCUT2D eigenvalue weighted by molar-refractivity contribution is 0.251. The van der Waals surface area contributed by atoms with Crippen LogP contribution in [0.1, 0.15) is 12.8 Å². The topological polar surface area (TPSA) is 44.7 Å². The fourth-order valence-corrected chi connectivity index (χ4v) is 1.11. The summed E-state index contributed by atoms with van der Waals surface area (Å²) in [4.78, 5) is 16.7. The number of hydrogen-bond acceptors (Lipinski definition) is 1. The molecule has 0 saturated carbocycles. The van der Waals surface area contributed by atoms with Crippen LogP contribution in [0, 0.1) is 0 Å². The molecule has 0 spiro atoms. The van der Waals surface area contributed by atoms with Crippen molar-refractivity contribution in [3.8, 4) is 0 Å². The summed E-state index contributed by atoms with van der Waals surface area (Å²) >= 11 is 0. The van der Waals surface area contributed by atoms with Gasteiger partial charge in [-0.25, -0.2) is 4.79 Å². The Hall–Kier alpha value is -1.06. The van der Waals surface area contributed by atoms with E-state index in [1.165, 1.54) is 0 Å². The molecule has 0 aromatic heterocycles. The predicted octanol–water partition coefficient (Wildman–Crippen LogP) is 0.450. The van der Waals surface area contributed by atoms with Crippen molar-refractivity contribution in [2.75, 3.05) is 20.6 Å². The van der Waals surface area contributed by atoms with Crippen molar-refractivity contribution < 1.29 is 4.79 Å². The molecule has 1 heterocycles. The second-order valence-corrected chi connectivity index (χ2v) is 2.61. The largest absolute Gasteiger partial charge is 0.363 e. The summed E-state index contributed by atoms with van der Waals surface area (Å²) in [5.41, 5.74) is 0. The second kappa shape index (κ2) is 3.37. The number of amidine groups is 1. The number of carbonyl (C=O) groups is 1. The third-order valence-corrected chi connectivity index (χ3v) is 1.78. The SMILES string of the molecule is CNC(=O)N=C1CCCN1C. The van der Waals surface area contributed by atoms with Gasteiger partial charge in [0.25, 0.3) is 0 Å². The van der Waals surface area contributed by atoms with E-state index in [1.807, 2.05) is 11.9 Å². The normalized spacial score (nSPS) is 20.9. The van der Waals surface area contributed by atoms with Crippen LogP contribution in [0.2, 0.25) is 0 Å². The van der Waals surface area contributed by atoms with Crippen LogP contribution in [0.4, 0.5) is 4.79 Å². The Bertz CT molecular complexity index is 188. The molecule has 4 nitrogen and oxygen atoms in total. The van der Waals surface area contributed by atoms with Crippen molar-refractivity contribution in [1.29, 1.82) is 0 Å². The highest BCUT2D eigenvalue weighted by atomic mass is 16.2. The summed E-state index contributed by atoms with van der Waals surface area (Å²) in [6.45, 7) is 1.01. The van der Waals surface area contributed by atoms with E-state index in [1.54, 1.807) is 7.05 Å². The molecule has 0 aliphatic carbocycles. The minimum atomic E-state index is -0.256. The van der Waals surface area contributed by atoms with Gasteiger partial charge in [0.15, 0.2) is 0 Å². The Morgan fingerprint density at radius 3 is 2.91 bits per heavy atom. The number of hydrogen-bond donors (Lipinski definition) is 1. The molecule has 0 bridgehead atoms. The van der Waals surface area contributed by atoms with Crippen molar-refractivity contribution in [3.05, 3.63) is 0 Å². The molecule has 11 heavy (non-hydrogen) atoms. The zero-order valence-electron chi connectivity index (χ0n) is 6.92. The maximum absolute atomic E-state index is 10.8. The maximum Gasteiger partial charge on any atom is 0.342 e. The zero-order valence-corrected chi connectivity index (χ0v) is 6.92. The molecule has 1 aliphatic heterocycles. The predicted molar refractivity (Wildman–Crippen MR) is 43.8 cm³/mol. The quantitative estimate of drug-likeness (QED) is 0.552. The van der Waals surface area contributed by atoms with E-state index < -0.39 is 0 Å². The van der Waals surface area contributed by atoms with Gasteiger partial charge in [0.2, 0.25) is 0 Å². The van der Waals surface area contributed by atoms with Gasteiger partial charge in [-0.15, -0.1) is 0 Å². The van der Waals surface area contributed by atoms with Gasteiger partial charge in [0.05, 0.1) is 0 Å². The van der Waals surface area contributed by atoms with Crippen molar-refractivity contribution in [2.24, 2.45) is 4.99 Å². The molecule has 1 saturated heterocycles. The minimum absolute atomic E-state index is 0.256. The van der Waals surface area contributed by atoms with Gasteiger partial charge in [-0.05, 0) is 6.42 Å². The molecule has 1 N–H and O–H groups in total. The van der Waals surface area contributed by atoms with E-state index in [4.69, 9.17) is 0 Å². The highest BCUT2D eigenvalue weighted by Crippen LogP contribution is 2.08. The number of amides is 2. The average Bonchev–Trinajstić information content (AvgIpc) is 2.37. The molecular weight excluding hydrogens is 142 g/mol. The highest BCUT2D eigenvalue weighted by Gasteiger charge is 2.14. The Morgan fingerprint density at radius 1 is 1.73 bits per heavy atom. The third kappa shape index (κ3) is 1.93. The van der Waals surface area contributed by atoms with Crippen LogP contribution in [-0.2, 0) is 0 Å². The standard InChI is InChI=1S/C7H13N3O/c1-8-7(11)9-6-4-3-5-10(6)2/h3-5H2,1-2H3,(H,8,11). The van der Waals surface area contributed by atoms with Gasteiger partial charge in [-0.2, -0.15) is 4.99 Å². The number of nitrogens with zero attached hydrogens (tertiary/aromatic N) is 2. The Balaban J connectivity index is 2.57. The fraction of sp³-hybridized carbons (Fsp3) is 0.714. The first-order valence-electron chi connectivity index (χ1n) is 3.74. The van der Waals surface area contributed by atoms with E-state index in [0.717, 1.165) is 25.2 Å². The molecule has 0 unspecified atom stereocenters. The number of likely N-dealkylation sites (tertiary alicyclic amines) is 1. The van der Waals surface area contributed by atoms with Crippen LogP contribution in [0.15, 0.2) is 4.99 Å². The van der Waals surface area contributed by atoms with Crippen LogP contribution >= 0.6 is 0 Å². The lowest BCUT2D eigenvalue weighted by atomic mass is 10.4. The van der Waals surface area contributed by atoms with Gasteiger partial charge >= 0.3 is 6.03 Å². The number of rotatable bonds is 0. The molecule has 1 fully saturated rings. The van der Waals surface area contributed by atoms with Crippen molar-refractivity contribution in [1.82, 2.24) is 10.2 Å². The summed E-state index contributed by atoms with van der Waals surface area (Å²) in [7, 11) is 3.54. The maximum atomic E-state index is 10.8. The molecule has 1 aliphatic rings. The third-order valence-electron chi connectivity index (χ3n) is 1.78. The Morgan fingerprint density at radius 2 is 2.45 bits per heavy atom. The molecule has 0 atom stereocenters. The number of carbonyl (C=O) groups excluding carboxylic acids is 1. The fourth-order valence-electron chi connectivity index (χ4n) is 1.11. The first kappa shape index (κ1) is 8.04. The first-order valence-corrected chi connectivity index (χ1v) is 3.74. The van der Waals surface area contributed by atoms with Crippen LogP contribution in [-0.4, -0.2) is 37.4 Å². The zero-order chi connectivity index (χ0) is 8.27. The number of urea groups is 1. The monoisotopic (exact) mass is 155 g/mol. The first-order chi connectivity index (χ1) is 5.24. The van der Waals surface area contributed by atoms with Crippen molar-refractivity contribution in [3.63, 3.8) is 0 Å². The molecular formula is C7H13N3O. The lowest BCUT2D eigenvalue weighted by Crippen LogP contribution is -2.23. The highest BCUT2D eigenvalue weighted by molar-refractivity contribution is 5.94. The van der Waals surface area contributed by atoms with E-state index in [0.29, 0.717) is 0 Å². The van der Waals surface area contributed by atoms with Gasteiger partial charge in [0.1, 0.15) is 5.84 Å². The van der Waals surface area contributed by atoms with Crippen molar-refractivity contribution >= 4 is 11.9 Å². The van der Waals surface area contributed by atoms with Crippen LogP contribution in [0.3, 0.4) is 0 Å². The lowest BCUT2D eigenvalue weighted by Gasteiger charge is -2.09. The molecule has 0 aromatic rings. The molecule has 4 heteroatoms. The molecule has 1 rings (SSSR count). The smallest absolute Gasteiger partial charge is 0.342 e. The van der Waals surface area contributed by atoms with E-state index in [9.17, 15) is 4.79 Å². The van der Waals surface area contributed by atoms with Crippen LogP contribution in [0.5, 0.6) is 0 Å². The summed E-state index contributed by atoms with van der Waals surface area (Å²) in [6, 6.07) is -0.256. The summed E-state index contributed by atoms with van der Waals surface area (Å²) in [5.74, 6) is 0.893. The minimum Gasteiger partial charge on any atom is -0.363 e.